The van der Waals surface area contributed by atoms with Gasteiger partial charge in [-0.15, -0.1) is 0 Å². The molecule has 4 heterocycles. The number of aromatic nitrogens is 6. The number of hydrogen-bond donors (Lipinski definition) is 1. The summed E-state index contributed by atoms with van der Waals surface area (Å²) in [5.41, 5.74) is 2.63. The van der Waals surface area contributed by atoms with E-state index in [1.165, 1.54) is 17.7 Å². The smallest absolute Gasteiger partial charge is 0.268 e. The van der Waals surface area contributed by atoms with Crippen molar-refractivity contribution in [1.29, 1.82) is 0 Å². The van der Waals surface area contributed by atoms with Crippen LogP contribution in [0.1, 0.15) is 21.2 Å². The zero-order valence-corrected chi connectivity index (χ0v) is 18.4. The van der Waals surface area contributed by atoms with E-state index in [2.05, 4.69) is 20.3 Å². The molecule has 0 atom stereocenters. The third kappa shape index (κ3) is 3.50. The lowest BCUT2D eigenvalue weighted by atomic mass is 10.2. The van der Waals surface area contributed by atoms with Crippen LogP contribution in [0.2, 0.25) is 0 Å². The van der Waals surface area contributed by atoms with Crippen molar-refractivity contribution in [2.75, 3.05) is 12.4 Å². The third-order valence-corrected chi connectivity index (χ3v) is 6.27. The van der Waals surface area contributed by atoms with Gasteiger partial charge in [-0.05, 0) is 38.1 Å². The second-order valence-electron chi connectivity index (χ2n) is 7.08. The summed E-state index contributed by atoms with van der Waals surface area (Å²) >= 11 is 1.34. The van der Waals surface area contributed by atoms with Gasteiger partial charge in [-0.3, -0.25) is 13.8 Å². The molecule has 9 nitrogen and oxygen atoms in total. The standard InChI is InChI=1S/C22H19N7O2S/c1-13-20(21(30)27-18-10-19(25-12-24-18)28-9-8-23-14(28)2)32-22-26-17(11-29(13)22)15-4-6-16(31-3)7-5-15/h4-12H,1-3H3,(H,24,25,27,30). The molecule has 0 bridgehead atoms. The van der Waals surface area contributed by atoms with Crippen molar-refractivity contribution in [2.45, 2.75) is 13.8 Å². The quantitative estimate of drug-likeness (QED) is 0.440. The number of aryl methyl sites for hydroxylation is 2. The summed E-state index contributed by atoms with van der Waals surface area (Å²) in [6.45, 7) is 3.78. The van der Waals surface area contributed by atoms with Gasteiger partial charge in [0.2, 0.25) is 0 Å². The Balaban J connectivity index is 1.40. The minimum Gasteiger partial charge on any atom is -0.497 e. The molecule has 160 valence electrons. The van der Waals surface area contributed by atoms with Crippen LogP contribution in [0, 0.1) is 13.8 Å². The predicted molar refractivity (Wildman–Crippen MR) is 122 cm³/mol. The molecule has 1 N–H and O–H groups in total. The van der Waals surface area contributed by atoms with E-state index in [0.717, 1.165) is 33.5 Å². The highest BCUT2D eigenvalue weighted by Crippen LogP contribution is 2.28. The van der Waals surface area contributed by atoms with E-state index in [1.807, 2.05) is 59.5 Å². The summed E-state index contributed by atoms with van der Waals surface area (Å²) in [5.74, 6) is 2.39. The van der Waals surface area contributed by atoms with Crippen LogP contribution in [0.5, 0.6) is 5.75 Å². The Morgan fingerprint density at radius 3 is 2.62 bits per heavy atom. The summed E-state index contributed by atoms with van der Waals surface area (Å²) in [4.78, 5) is 31.6. The first-order valence-electron chi connectivity index (χ1n) is 9.80. The second-order valence-corrected chi connectivity index (χ2v) is 8.06. The predicted octanol–water partition coefficient (Wildman–Crippen LogP) is 3.92. The van der Waals surface area contributed by atoms with Gasteiger partial charge in [0.1, 0.15) is 34.4 Å². The average molecular weight is 446 g/mol. The fourth-order valence-corrected chi connectivity index (χ4v) is 4.41. The van der Waals surface area contributed by atoms with Crippen molar-refractivity contribution in [3.63, 3.8) is 0 Å². The Hall–Kier alpha value is -4.05. The van der Waals surface area contributed by atoms with Crippen LogP contribution in [-0.2, 0) is 0 Å². The minimum absolute atomic E-state index is 0.240. The highest BCUT2D eigenvalue weighted by atomic mass is 32.1. The van der Waals surface area contributed by atoms with Crippen molar-refractivity contribution in [1.82, 2.24) is 28.9 Å². The Morgan fingerprint density at radius 2 is 1.94 bits per heavy atom. The number of nitrogens with zero attached hydrogens (tertiary/aromatic N) is 6. The van der Waals surface area contributed by atoms with Gasteiger partial charge in [0, 0.05) is 35.9 Å². The summed E-state index contributed by atoms with van der Waals surface area (Å²) in [6, 6.07) is 9.43. The second kappa shape index (κ2) is 7.89. The molecule has 0 spiro atoms. The molecule has 10 heteroatoms. The molecule has 0 unspecified atom stereocenters. The van der Waals surface area contributed by atoms with Crippen LogP contribution in [0.15, 0.2) is 55.2 Å². The normalized spacial score (nSPS) is 11.1. The van der Waals surface area contributed by atoms with Crippen molar-refractivity contribution in [3.8, 4) is 22.8 Å². The van der Waals surface area contributed by atoms with Gasteiger partial charge < -0.3 is 10.1 Å². The lowest BCUT2D eigenvalue weighted by Crippen LogP contribution is -2.14. The molecule has 0 aliphatic heterocycles. The van der Waals surface area contributed by atoms with E-state index < -0.39 is 0 Å². The SMILES string of the molecule is COc1ccc(-c2cn3c(C)c(C(=O)Nc4cc(-n5ccnc5C)ncn4)sc3n2)cc1. The molecular formula is C22H19N7O2S. The summed E-state index contributed by atoms with van der Waals surface area (Å²) in [6.07, 6.45) is 6.85. The number of carbonyl (C=O) groups is 1. The van der Waals surface area contributed by atoms with Gasteiger partial charge in [0.25, 0.3) is 5.91 Å². The number of amides is 1. The number of benzene rings is 1. The minimum atomic E-state index is -0.240. The van der Waals surface area contributed by atoms with Crippen LogP contribution < -0.4 is 10.1 Å². The summed E-state index contributed by atoms with van der Waals surface area (Å²) in [7, 11) is 1.64. The van der Waals surface area contributed by atoms with Gasteiger partial charge in [0.15, 0.2) is 4.96 Å². The number of imidazole rings is 2. The first-order valence-corrected chi connectivity index (χ1v) is 10.6. The lowest BCUT2D eigenvalue weighted by Gasteiger charge is -2.07. The topological polar surface area (TPSA) is 99.2 Å². The number of nitrogens with one attached hydrogen (secondary N) is 1. The molecule has 0 saturated heterocycles. The first kappa shape index (κ1) is 19.9. The van der Waals surface area contributed by atoms with E-state index in [9.17, 15) is 4.79 Å². The van der Waals surface area contributed by atoms with Crippen LogP contribution in [0.25, 0.3) is 22.0 Å². The van der Waals surface area contributed by atoms with Crippen LogP contribution in [-0.4, -0.2) is 41.9 Å². The Labute approximate surface area is 187 Å². The summed E-state index contributed by atoms with van der Waals surface area (Å²) in [5, 5.41) is 2.86. The molecule has 32 heavy (non-hydrogen) atoms. The van der Waals surface area contributed by atoms with E-state index in [4.69, 9.17) is 9.72 Å². The van der Waals surface area contributed by atoms with E-state index in [0.29, 0.717) is 16.5 Å². The van der Waals surface area contributed by atoms with Crippen molar-refractivity contribution >= 4 is 28.0 Å². The number of anilines is 1. The van der Waals surface area contributed by atoms with Gasteiger partial charge in [-0.25, -0.2) is 19.9 Å². The van der Waals surface area contributed by atoms with Crippen molar-refractivity contribution in [3.05, 3.63) is 71.6 Å². The largest absolute Gasteiger partial charge is 0.497 e. The van der Waals surface area contributed by atoms with E-state index in [1.54, 1.807) is 19.4 Å². The highest BCUT2D eigenvalue weighted by Gasteiger charge is 2.19. The van der Waals surface area contributed by atoms with Crippen LogP contribution in [0.3, 0.4) is 0 Å². The molecule has 1 amide bonds. The zero-order valence-electron chi connectivity index (χ0n) is 17.6. The average Bonchev–Trinajstić information content (AvgIpc) is 3.50. The molecule has 1 aromatic carbocycles. The van der Waals surface area contributed by atoms with Gasteiger partial charge >= 0.3 is 0 Å². The molecule has 5 rings (SSSR count). The molecular weight excluding hydrogens is 426 g/mol. The highest BCUT2D eigenvalue weighted by molar-refractivity contribution is 7.19. The number of hydrogen-bond acceptors (Lipinski definition) is 7. The number of thiazole rings is 1. The van der Waals surface area contributed by atoms with Gasteiger partial charge in [-0.1, -0.05) is 11.3 Å². The summed E-state index contributed by atoms with van der Waals surface area (Å²) < 4.78 is 8.96. The molecule has 4 aromatic heterocycles. The molecule has 0 fully saturated rings. The Bertz CT molecular complexity index is 1430. The van der Waals surface area contributed by atoms with Crippen molar-refractivity contribution in [2.24, 2.45) is 0 Å². The Kier molecular flexibility index (Phi) is 4.91. The Morgan fingerprint density at radius 1 is 1.12 bits per heavy atom. The van der Waals surface area contributed by atoms with Crippen LogP contribution >= 0.6 is 11.3 Å². The molecule has 0 radical (unpaired) electrons. The maximum absolute atomic E-state index is 13.0. The zero-order chi connectivity index (χ0) is 22.2. The molecule has 0 aliphatic rings. The molecule has 0 aliphatic carbocycles. The maximum Gasteiger partial charge on any atom is 0.268 e. The third-order valence-electron chi connectivity index (χ3n) is 5.12. The monoisotopic (exact) mass is 445 g/mol. The molecule has 5 aromatic rings. The number of ether oxygens (including phenoxy) is 1. The lowest BCUT2D eigenvalue weighted by molar-refractivity contribution is 0.102. The maximum atomic E-state index is 13.0. The van der Waals surface area contributed by atoms with Crippen LogP contribution in [0.4, 0.5) is 5.82 Å². The van der Waals surface area contributed by atoms with Gasteiger partial charge in [-0.2, -0.15) is 0 Å². The fraction of sp³-hybridized carbons (Fsp3) is 0.136. The first-order chi connectivity index (χ1) is 15.5. The van der Waals surface area contributed by atoms with Gasteiger partial charge in [0.05, 0.1) is 12.8 Å². The fourth-order valence-electron chi connectivity index (χ4n) is 3.40. The number of carbonyl (C=O) groups excluding carboxylic acids is 1. The van der Waals surface area contributed by atoms with E-state index >= 15 is 0 Å². The number of methoxy groups -OCH3 is 1. The van der Waals surface area contributed by atoms with E-state index in [-0.39, 0.29) is 5.91 Å². The van der Waals surface area contributed by atoms with Crippen molar-refractivity contribution < 1.29 is 9.53 Å². The number of rotatable bonds is 5. The molecule has 0 saturated carbocycles. The number of fused-ring (bicyclic) bond motifs is 1.